The van der Waals surface area contributed by atoms with E-state index >= 15 is 0 Å². The Bertz CT molecular complexity index is 843. The third-order valence-electron chi connectivity index (χ3n) is 3.61. The highest BCUT2D eigenvalue weighted by Crippen LogP contribution is 2.22. The van der Waals surface area contributed by atoms with Crippen LogP contribution in [-0.4, -0.2) is 4.57 Å². The lowest BCUT2D eigenvalue weighted by atomic mass is 10.1. The van der Waals surface area contributed by atoms with Crippen molar-refractivity contribution in [3.8, 4) is 6.07 Å². The number of hydrogen-bond acceptors (Lipinski definition) is 2. The Hall–Kier alpha value is -2.64. The van der Waals surface area contributed by atoms with Crippen molar-refractivity contribution in [3.63, 3.8) is 0 Å². The van der Waals surface area contributed by atoms with Crippen molar-refractivity contribution in [2.45, 2.75) is 13.1 Å². The van der Waals surface area contributed by atoms with Crippen molar-refractivity contribution in [3.05, 3.63) is 71.2 Å². The van der Waals surface area contributed by atoms with Crippen LogP contribution in [0.25, 0.3) is 10.9 Å². The first kappa shape index (κ1) is 13.3. The first-order chi connectivity index (χ1) is 10.2. The van der Waals surface area contributed by atoms with Crippen LogP contribution in [0.4, 0.5) is 4.39 Å². The zero-order chi connectivity index (χ0) is 14.8. The number of fused-ring (bicyclic) bond motifs is 1. The van der Waals surface area contributed by atoms with Gasteiger partial charge < -0.3 is 10.3 Å². The average molecular weight is 279 g/mol. The van der Waals surface area contributed by atoms with E-state index in [9.17, 15) is 4.39 Å². The summed E-state index contributed by atoms with van der Waals surface area (Å²) in [6.45, 7) is 0.809. The number of nitrogens with zero attached hydrogens (tertiary/aromatic N) is 2. The summed E-state index contributed by atoms with van der Waals surface area (Å²) in [5.41, 5.74) is 8.78. The predicted octanol–water partition coefficient (Wildman–Crippen LogP) is 3.16. The summed E-state index contributed by atoms with van der Waals surface area (Å²) < 4.78 is 15.9. The van der Waals surface area contributed by atoms with Crippen LogP contribution in [0, 0.1) is 17.1 Å². The van der Waals surface area contributed by atoms with Crippen LogP contribution in [0.1, 0.15) is 16.7 Å². The van der Waals surface area contributed by atoms with Gasteiger partial charge in [0.1, 0.15) is 5.82 Å². The summed E-state index contributed by atoms with van der Waals surface area (Å²) in [5, 5.41) is 10.0. The molecule has 1 heterocycles. The van der Waals surface area contributed by atoms with Crippen molar-refractivity contribution in [1.82, 2.24) is 4.57 Å². The molecule has 0 saturated heterocycles. The second kappa shape index (κ2) is 5.39. The minimum Gasteiger partial charge on any atom is -0.343 e. The highest BCUT2D eigenvalue weighted by atomic mass is 19.1. The van der Waals surface area contributed by atoms with Crippen LogP contribution in [0.15, 0.2) is 48.7 Å². The van der Waals surface area contributed by atoms with Gasteiger partial charge in [0.2, 0.25) is 0 Å². The molecule has 21 heavy (non-hydrogen) atoms. The summed E-state index contributed by atoms with van der Waals surface area (Å²) in [6.07, 6.45) is 1.92. The third-order valence-corrected chi connectivity index (χ3v) is 3.61. The number of nitrogens with two attached hydrogens (primary N) is 1. The molecule has 0 aliphatic heterocycles. The molecule has 3 rings (SSSR count). The Kier molecular flexibility index (Phi) is 3.43. The van der Waals surface area contributed by atoms with Gasteiger partial charge in [-0.3, -0.25) is 0 Å². The Labute approximate surface area is 122 Å². The number of para-hydroxylation sites is 1. The fraction of sp³-hybridized carbons (Fsp3) is 0.118. The zero-order valence-electron chi connectivity index (χ0n) is 11.4. The maximum atomic E-state index is 13.9. The Morgan fingerprint density at radius 1 is 1.14 bits per heavy atom. The molecular weight excluding hydrogens is 265 g/mol. The molecule has 3 aromatic rings. The van der Waals surface area contributed by atoms with Gasteiger partial charge in [0, 0.05) is 18.3 Å². The number of rotatable bonds is 3. The van der Waals surface area contributed by atoms with Crippen LogP contribution in [0.3, 0.4) is 0 Å². The van der Waals surface area contributed by atoms with Crippen molar-refractivity contribution >= 4 is 10.9 Å². The van der Waals surface area contributed by atoms with E-state index in [1.165, 1.54) is 12.1 Å². The molecule has 0 fully saturated rings. The second-order valence-corrected chi connectivity index (χ2v) is 4.92. The van der Waals surface area contributed by atoms with E-state index in [-0.39, 0.29) is 5.82 Å². The van der Waals surface area contributed by atoms with E-state index in [1.54, 1.807) is 6.07 Å². The number of halogens is 1. The highest BCUT2D eigenvalue weighted by Gasteiger charge is 2.09. The first-order valence-electron chi connectivity index (χ1n) is 6.68. The van der Waals surface area contributed by atoms with Gasteiger partial charge in [-0.05, 0) is 35.2 Å². The minimum absolute atomic E-state index is 0.305. The quantitative estimate of drug-likeness (QED) is 0.800. The van der Waals surface area contributed by atoms with E-state index < -0.39 is 0 Å². The largest absolute Gasteiger partial charge is 0.343 e. The Morgan fingerprint density at radius 3 is 2.76 bits per heavy atom. The van der Waals surface area contributed by atoms with Crippen LogP contribution in [0.2, 0.25) is 0 Å². The molecule has 0 unspecified atom stereocenters. The van der Waals surface area contributed by atoms with E-state index in [0.717, 1.165) is 16.5 Å². The van der Waals surface area contributed by atoms with Gasteiger partial charge in [-0.2, -0.15) is 5.26 Å². The lowest BCUT2D eigenvalue weighted by molar-refractivity contribution is 0.601. The molecular formula is C17H14FN3. The van der Waals surface area contributed by atoms with Crippen molar-refractivity contribution < 1.29 is 4.39 Å². The third kappa shape index (κ3) is 2.39. The Balaban J connectivity index is 2.09. The zero-order valence-corrected chi connectivity index (χ0v) is 11.4. The van der Waals surface area contributed by atoms with Crippen LogP contribution < -0.4 is 5.73 Å². The maximum Gasteiger partial charge on any atom is 0.128 e. The standard InChI is InChI=1S/C17H14FN3/c18-16-5-4-12(9-19)8-15(16)11-21-7-6-13-2-1-3-14(10-20)17(13)21/h1-8H,10-11,20H2. The molecule has 0 radical (unpaired) electrons. The van der Waals surface area contributed by atoms with Gasteiger partial charge in [-0.15, -0.1) is 0 Å². The maximum absolute atomic E-state index is 13.9. The molecule has 0 amide bonds. The summed E-state index contributed by atoms with van der Waals surface area (Å²) in [5.74, 6) is -0.305. The fourth-order valence-corrected chi connectivity index (χ4v) is 2.59. The van der Waals surface area contributed by atoms with Crippen LogP contribution in [-0.2, 0) is 13.1 Å². The molecule has 0 atom stereocenters. The molecule has 3 nitrogen and oxygen atoms in total. The van der Waals surface area contributed by atoms with Gasteiger partial charge in [-0.25, -0.2) is 4.39 Å². The molecule has 0 aliphatic carbocycles. The van der Waals surface area contributed by atoms with Crippen molar-refractivity contribution in [2.75, 3.05) is 0 Å². The molecule has 104 valence electrons. The molecule has 0 saturated carbocycles. The first-order valence-corrected chi connectivity index (χ1v) is 6.68. The van der Waals surface area contributed by atoms with Crippen LogP contribution >= 0.6 is 0 Å². The lowest BCUT2D eigenvalue weighted by Gasteiger charge is -2.10. The normalized spacial score (nSPS) is 10.7. The predicted molar refractivity (Wildman–Crippen MR) is 80.0 cm³/mol. The second-order valence-electron chi connectivity index (χ2n) is 4.92. The molecule has 0 aliphatic rings. The van der Waals surface area contributed by atoms with Gasteiger partial charge in [0.05, 0.1) is 23.7 Å². The van der Waals surface area contributed by atoms with Gasteiger partial charge in [0.15, 0.2) is 0 Å². The van der Waals surface area contributed by atoms with Crippen molar-refractivity contribution in [1.29, 1.82) is 5.26 Å². The molecule has 4 heteroatoms. The molecule has 2 N–H and O–H groups in total. The topological polar surface area (TPSA) is 54.7 Å². The van der Waals surface area contributed by atoms with Crippen LogP contribution in [0.5, 0.6) is 0 Å². The summed E-state index contributed by atoms with van der Waals surface area (Å²) in [6, 6.07) is 14.4. The minimum atomic E-state index is -0.305. The number of hydrogen-bond donors (Lipinski definition) is 1. The lowest BCUT2D eigenvalue weighted by Crippen LogP contribution is -2.05. The Morgan fingerprint density at radius 2 is 2.00 bits per heavy atom. The molecule has 1 aromatic heterocycles. The molecule has 2 aromatic carbocycles. The van der Waals surface area contributed by atoms with E-state index in [2.05, 4.69) is 0 Å². The van der Waals surface area contributed by atoms with Gasteiger partial charge in [0.25, 0.3) is 0 Å². The highest BCUT2D eigenvalue weighted by molar-refractivity contribution is 5.83. The van der Waals surface area contributed by atoms with Crippen molar-refractivity contribution in [2.24, 2.45) is 5.73 Å². The summed E-state index contributed by atoms with van der Waals surface area (Å²) in [7, 11) is 0. The van der Waals surface area contributed by atoms with E-state index in [0.29, 0.717) is 24.2 Å². The monoisotopic (exact) mass is 279 g/mol. The SMILES string of the molecule is N#Cc1ccc(F)c(Cn2ccc3cccc(CN)c32)c1. The smallest absolute Gasteiger partial charge is 0.128 e. The fourth-order valence-electron chi connectivity index (χ4n) is 2.59. The van der Waals surface area contributed by atoms with Gasteiger partial charge >= 0.3 is 0 Å². The van der Waals surface area contributed by atoms with Gasteiger partial charge in [-0.1, -0.05) is 18.2 Å². The molecule has 0 bridgehead atoms. The van der Waals surface area contributed by atoms with E-state index in [4.69, 9.17) is 11.0 Å². The number of aromatic nitrogens is 1. The summed E-state index contributed by atoms with van der Waals surface area (Å²) >= 11 is 0. The number of benzene rings is 2. The average Bonchev–Trinajstić information content (AvgIpc) is 2.92. The van der Waals surface area contributed by atoms with E-state index in [1.807, 2.05) is 41.1 Å². The molecule has 0 spiro atoms. The summed E-state index contributed by atoms with van der Waals surface area (Å²) in [4.78, 5) is 0. The number of nitriles is 1.